The van der Waals surface area contributed by atoms with E-state index in [-0.39, 0.29) is 23.4 Å². The summed E-state index contributed by atoms with van der Waals surface area (Å²) in [6, 6.07) is -0.387. The molecule has 1 aliphatic rings. The van der Waals surface area contributed by atoms with Crippen molar-refractivity contribution in [2.45, 2.75) is 45.7 Å². The van der Waals surface area contributed by atoms with Gasteiger partial charge in [0.15, 0.2) is 0 Å². The molecule has 1 saturated heterocycles. The molecule has 0 aromatic heterocycles. The summed E-state index contributed by atoms with van der Waals surface area (Å²) in [6.45, 7) is 9.98. The molecule has 1 heterocycles. The van der Waals surface area contributed by atoms with E-state index in [1.165, 1.54) is 0 Å². The Balaban J connectivity index is 2.71. The molecule has 94 valence electrons. The Kier molecular flexibility index (Phi) is 4.33. The standard InChI is InChI=1S/C12H24N2O2/c1-5-9(2)10(13)11(15)14-6-7-16-8-12(14,3)4/h9-10H,5-8,13H2,1-4H3/t9?,10-/m0/s1. The van der Waals surface area contributed by atoms with Crippen molar-refractivity contribution in [3.05, 3.63) is 0 Å². The van der Waals surface area contributed by atoms with Crippen molar-refractivity contribution in [3.8, 4) is 0 Å². The van der Waals surface area contributed by atoms with Crippen molar-refractivity contribution < 1.29 is 9.53 Å². The number of hydrogen-bond donors (Lipinski definition) is 1. The van der Waals surface area contributed by atoms with Gasteiger partial charge >= 0.3 is 0 Å². The van der Waals surface area contributed by atoms with E-state index >= 15 is 0 Å². The molecule has 0 aromatic rings. The fourth-order valence-electron chi connectivity index (χ4n) is 1.94. The van der Waals surface area contributed by atoms with E-state index in [1.807, 2.05) is 25.7 Å². The molecule has 16 heavy (non-hydrogen) atoms. The molecule has 4 nitrogen and oxygen atoms in total. The van der Waals surface area contributed by atoms with E-state index < -0.39 is 0 Å². The molecule has 0 aliphatic carbocycles. The summed E-state index contributed by atoms with van der Waals surface area (Å²) in [5, 5.41) is 0. The van der Waals surface area contributed by atoms with Crippen LogP contribution in [-0.2, 0) is 9.53 Å². The first-order valence-corrected chi connectivity index (χ1v) is 6.05. The molecule has 0 bridgehead atoms. The molecule has 1 rings (SSSR count). The third-order valence-corrected chi connectivity index (χ3v) is 3.45. The number of carbonyl (C=O) groups is 1. The van der Waals surface area contributed by atoms with E-state index in [2.05, 4.69) is 6.92 Å². The Labute approximate surface area is 98.1 Å². The van der Waals surface area contributed by atoms with Crippen LogP contribution in [0.4, 0.5) is 0 Å². The lowest BCUT2D eigenvalue weighted by Gasteiger charge is -2.43. The minimum atomic E-state index is -0.387. The van der Waals surface area contributed by atoms with Gasteiger partial charge < -0.3 is 15.4 Å². The van der Waals surface area contributed by atoms with Crippen LogP contribution in [0.5, 0.6) is 0 Å². The van der Waals surface area contributed by atoms with Crippen LogP contribution in [0.1, 0.15) is 34.1 Å². The van der Waals surface area contributed by atoms with Gasteiger partial charge in [-0.3, -0.25) is 4.79 Å². The van der Waals surface area contributed by atoms with Gasteiger partial charge in [0.2, 0.25) is 5.91 Å². The van der Waals surface area contributed by atoms with Crippen molar-refractivity contribution >= 4 is 5.91 Å². The minimum Gasteiger partial charge on any atom is -0.377 e. The highest BCUT2D eigenvalue weighted by Gasteiger charge is 2.37. The lowest BCUT2D eigenvalue weighted by molar-refractivity contribution is -0.148. The van der Waals surface area contributed by atoms with Crippen LogP contribution < -0.4 is 5.73 Å². The highest BCUT2D eigenvalue weighted by molar-refractivity contribution is 5.82. The molecule has 0 saturated carbocycles. The van der Waals surface area contributed by atoms with Gasteiger partial charge in [-0.25, -0.2) is 0 Å². The van der Waals surface area contributed by atoms with E-state index in [4.69, 9.17) is 10.5 Å². The molecule has 1 aliphatic heterocycles. The van der Waals surface area contributed by atoms with Crippen molar-refractivity contribution in [1.82, 2.24) is 4.90 Å². The number of ether oxygens (including phenoxy) is 1. The summed E-state index contributed by atoms with van der Waals surface area (Å²) in [5.41, 5.74) is 5.76. The first kappa shape index (κ1) is 13.5. The third kappa shape index (κ3) is 2.74. The van der Waals surface area contributed by atoms with Crippen molar-refractivity contribution in [1.29, 1.82) is 0 Å². The van der Waals surface area contributed by atoms with E-state index in [9.17, 15) is 4.79 Å². The molecule has 1 unspecified atom stereocenters. The average molecular weight is 228 g/mol. The van der Waals surface area contributed by atoms with Crippen LogP contribution in [0.3, 0.4) is 0 Å². The number of nitrogens with two attached hydrogens (primary N) is 1. The third-order valence-electron chi connectivity index (χ3n) is 3.45. The lowest BCUT2D eigenvalue weighted by atomic mass is 9.95. The predicted molar refractivity (Wildman–Crippen MR) is 64.0 cm³/mol. The van der Waals surface area contributed by atoms with Gasteiger partial charge in [0, 0.05) is 6.54 Å². The maximum Gasteiger partial charge on any atom is 0.240 e. The fraction of sp³-hybridized carbons (Fsp3) is 0.917. The summed E-state index contributed by atoms with van der Waals surface area (Å²) in [6.07, 6.45) is 0.928. The van der Waals surface area contributed by atoms with Crippen LogP contribution in [0.25, 0.3) is 0 Å². The molecule has 1 amide bonds. The summed E-state index contributed by atoms with van der Waals surface area (Å²) >= 11 is 0. The van der Waals surface area contributed by atoms with E-state index in [0.29, 0.717) is 19.8 Å². The fourth-order valence-corrected chi connectivity index (χ4v) is 1.94. The topological polar surface area (TPSA) is 55.6 Å². The van der Waals surface area contributed by atoms with Gasteiger partial charge in [-0.2, -0.15) is 0 Å². The molecular weight excluding hydrogens is 204 g/mol. The second-order valence-corrected chi connectivity index (χ2v) is 5.27. The summed E-state index contributed by atoms with van der Waals surface area (Å²) in [4.78, 5) is 14.1. The smallest absolute Gasteiger partial charge is 0.240 e. The molecule has 0 radical (unpaired) electrons. The SMILES string of the molecule is CCC(C)[C@H](N)C(=O)N1CCOCC1(C)C. The van der Waals surface area contributed by atoms with Gasteiger partial charge in [-0.1, -0.05) is 20.3 Å². The number of hydrogen-bond acceptors (Lipinski definition) is 3. The lowest BCUT2D eigenvalue weighted by Crippen LogP contribution is -2.60. The van der Waals surface area contributed by atoms with Crippen LogP contribution in [0.2, 0.25) is 0 Å². The van der Waals surface area contributed by atoms with Crippen LogP contribution in [0, 0.1) is 5.92 Å². The number of morpholine rings is 1. The zero-order valence-electron chi connectivity index (χ0n) is 10.8. The molecule has 1 fully saturated rings. The van der Waals surface area contributed by atoms with Gasteiger partial charge in [-0.15, -0.1) is 0 Å². The maximum absolute atomic E-state index is 12.3. The number of rotatable bonds is 3. The molecule has 0 spiro atoms. The van der Waals surface area contributed by atoms with Crippen molar-refractivity contribution in [2.24, 2.45) is 11.7 Å². The number of amides is 1. The zero-order chi connectivity index (χ0) is 12.3. The molecule has 2 atom stereocenters. The van der Waals surface area contributed by atoms with Gasteiger partial charge in [-0.05, 0) is 19.8 Å². The zero-order valence-corrected chi connectivity index (χ0v) is 10.8. The largest absolute Gasteiger partial charge is 0.377 e. The monoisotopic (exact) mass is 228 g/mol. The molecule has 2 N–H and O–H groups in total. The first-order chi connectivity index (χ1) is 7.40. The summed E-state index contributed by atoms with van der Waals surface area (Å²) in [7, 11) is 0. The average Bonchev–Trinajstić information content (AvgIpc) is 2.25. The van der Waals surface area contributed by atoms with Crippen molar-refractivity contribution in [3.63, 3.8) is 0 Å². The van der Waals surface area contributed by atoms with Crippen LogP contribution >= 0.6 is 0 Å². The van der Waals surface area contributed by atoms with Gasteiger partial charge in [0.05, 0.1) is 24.8 Å². The molecule has 0 aromatic carbocycles. The minimum absolute atomic E-state index is 0.0580. The van der Waals surface area contributed by atoms with Gasteiger partial charge in [0.25, 0.3) is 0 Å². The molecule has 4 heteroatoms. The quantitative estimate of drug-likeness (QED) is 0.784. The van der Waals surface area contributed by atoms with Crippen LogP contribution in [0.15, 0.2) is 0 Å². The molecular formula is C12H24N2O2. The van der Waals surface area contributed by atoms with Crippen LogP contribution in [-0.4, -0.2) is 42.1 Å². The number of nitrogens with zero attached hydrogens (tertiary/aromatic N) is 1. The van der Waals surface area contributed by atoms with Crippen molar-refractivity contribution in [2.75, 3.05) is 19.8 Å². The van der Waals surface area contributed by atoms with E-state index in [0.717, 1.165) is 6.42 Å². The summed E-state index contributed by atoms with van der Waals surface area (Å²) in [5.74, 6) is 0.286. The second kappa shape index (κ2) is 5.15. The Morgan fingerprint density at radius 3 is 2.69 bits per heavy atom. The van der Waals surface area contributed by atoms with Gasteiger partial charge in [0.1, 0.15) is 0 Å². The number of carbonyl (C=O) groups excluding carboxylic acids is 1. The highest BCUT2D eigenvalue weighted by atomic mass is 16.5. The maximum atomic E-state index is 12.3. The van der Waals surface area contributed by atoms with E-state index in [1.54, 1.807) is 0 Å². The highest BCUT2D eigenvalue weighted by Crippen LogP contribution is 2.21. The Bertz CT molecular complexity index is 253. The Morgan fingerprint density at radius 1 is 1.56 bits per heavy atom. The summed E-state index contributed by atoms with van der Waals surface area (Å²) < 4.78 is 5.40. The predicted octanol–water partition coefficient (Wildman–Crippen LogP) is 0.997. The first-order valence-electron chi connectivity index (χ1n) is 6.05. The Morgan fingerprint density at radius 2 is 2.19 bits per heavy atom. The Hall–Kier alpha value is -0.610. The normalized spacial score (nSPS) is 23.9. The second-order valence-electron chi connectivity index (χ2n) is 5.27.